The Morgan fingerprint density at radius 3 is 2.00 bits per heavy atom. The van der Waals surface area contributed by atoms with Gasteiger partial charge in [-0.05, 0) is 26.3 Å². The van der Waals surface area contributed by atoms with E-state index in [1.807, 2.05) is 0 Å². The molecule has 0 amide bonds. The predicted octanol–water partition coefficient (Wildman–Crippen LogP) is 2.61. The van der Waals surface area contributed by atoms with Gasteiger partial charge >= 0.3 is 17.9 Å². The Kier molecular flexibility index (Phi) is 9.18. The average molecular weight is 382 g/mol. The molecule has 7 nitrogen and oxygen atoms in total. The first-order valence-corrected chi connectivity index (χ1v) is 9.54. The fourth-order valence-electron chi connectivity index (χ4n) is 3.22. The Hall–Kier alpha value is -2.18. The Balaban J connectivity index is 3.02. The van der Waals surface area contributed by atoms with Crippen molar-refractivity contribution in [2.75, 3.05) is 19.8 Å². The van der Waals surface area contributed by atoms with Gasteiger partial charge < -0.3 is 14.2 Å². The van der Waals surface area contributed by atoms with Crippen LogP contribution in [0.2, 0.25) is 0 Å². The van der Waals surface area contributed by atoms with Crippen LogP contribution in [0.15, 0.2) is 12.2 Å². The highest BCUT2D eigenvalue weighted by atomic mass is 16.6. The summed E-state index contributed by atoms with van der Waals surface area (Å²) in [6, 6.07) is 0. The summed E-state index contributed by atoms with van der Waals surface area (Å²) < 4.78 is 15.2. The number of carbonyl (C=O) groups excluding carboxylic acids is 4. The zero-order chi connectivity index (χ0) is 20.4. The lowest BCUT2D eigenvalue weighted by molar-refractivity contribution is -0.166. The van der Waals surface area contributed by atoms with E-state index in [-0.39, 0.29) is 25.6 Å². The summed E-state index contributed by atoms with van der Waals surface area (Å²) >= 11 is 0. The van der Waals surface area contributed by atoms with Crippen molar-refractivity contribution < 1.29 is 33.4 Å². The number of allylic oxidation sites excluding steroid dienone is 2. The Labute approximate surface area is 160 Å². The average Bonchev–Trinajstić information content (AvgIpc) is 3.27. The van der Waals surface area contributed by atoms with Gasteiger partial charge in [0.15, 0.2) is 11.2 Å². The van der Waals surface area contributed by atoms with Gasteiger partial charge in [-0.15, -0.1) is 0 Å². The lowest BCUT2D eigenvalue weighted by Crippen LogP contribution is -2.34. The molecule has 0 aromatic rings. The van der Waals surface area contributed by atoms with Crippen LogP contribution < -0.4 is 0 Å². The van der Waals surface area contributed by atoms with Gasteiger partial charge in [-0.2, -0.15) is 0 Å². The third kappa shape index (κ3) is 5.65. The number of rotatable bonds is 12. The van der Waals surface area contributed by atoms with Crippen molar-refractivity contribution >= 4 is 23.7 Å². The smallest absolute Gasteiger partial charge is 0.324 e. The van der Waals surface area contributed by atoms with Gasteiger partial charge in [0.05, 0.1) is 19.8 Å². The largest absolute Gasteiger partial charge is 0.466 e. The molecule has 1 fully saturated rings. The van der Waals surface area contributed by atoms with Crippen LogP contribution in [-0.4, -0.2) is 43.5 Å². The van der Waals surface area contributed by atoms with Crippen LogP contribution in [0, 0.1) is 17.3 Å². The zero-order valence-electron chi connectivity index (χ0n) is 16.6. The van der Waals surface area contributed by atoms with Gasteiger partial charge in [-0.1, -0.05) is 25.8 Å². The molecule has 0 N–H and O–H groups in total. The highest BCUT2D eigenvalue weighted by Gasteiger charge is 2.76. The Bertz CT molecular complexity index is 561. The standard InChI is InChI=1S/C20H30O7/c1-5-8-9-10-15(22)11-12-16-17(13-27-14(4)21)20(16,18(23)25-6-2)19(24)26-7-3/h11-12,16-17H,5-10,13H2,1-4H3/b12-11+/t16-,17-/m1/s1. The maximum Gasteiger partial charge on any atom is 0.324 e. The lowest BCUT2D eigenvalue weighted by Gasteiger charge is -2.15. The molecule has 0 radical (unpaired) electrons. The highest BCUT2D eigenvalue weighted by Crippen LogP contribution is 2.61. The molecule has 0 saturated heterocycles. The van der Waals surface area contributed by atoms with E-state index in [1.165, 1.54) is 13.0 Å². The molecular formula is C20H30O7. The molecule has 0 heterocycles. The van der Waals surface area contributed by atoms with Crippen LogP contribution in [-0.2, 0) is 33.4 Å². The molecule has 1 saturated carbocycles. The fourth-order valence-corrected chi connectivity index (χ4v) is 3.22. The molecule has 1 aliphatic rings. The van der Waals surface area contributed by atoms with E-state index in [9.17, 15) is 19.2 Å². The van der Waals surface area contributed by atoms with E-state index in [1.54, 1.807) is 19.9 Å². The van der Waals surface area contributed by atoms with Gasteiger partial charge in [-0.25, -0.2) is 0 Å². The second-order valence-corrected chi connectivity index (χ2v) is 6.53. The van der Waals surface area contributed by atoms with Crippen molar-refractivity contribution in [3.05, 3.63) is 12.2 Å². The first kappa shape index (κ1) is 22.9. The molecule has 1 rings (SSSR count). The highest BCUT2D eigenvalue weighted by molar-refractivity contribution is 6.05. The minimum Gasteiger partial charge on any atom is -0.466 e. The number of esters is 3. The van der Waals surface area contributed by atoms with E-state index in [2.05, 4.69) is 6.92 Å². The molecular weight excluding hydrogens is 352 g/mol. The van der Waals surface area contributed by atoms with Crippen LogP contribution in [0.3, 0.4) is 0 Å². The van der Waals surface area contributed by atoms with Crippen molar-refractivity contribution in [1.29, 1.82) is 0 Å². The number of ketones is 1. The third-order valence-corrected chi connectivity index (χ3v) is 4.64. The van der Waals surface area contributed by atoms with Crippen LogP contribution in [0.4, 0.5) is 0 Å². The fraction of sp³-hybridized carbons (Fsp3) is 0.700. The van der Waals surface area contributed by atoms with Gasteiger partial charge in [0, 0.05) is 25.2 Å². The summed E-state index contributed by atoms with van der Waals surface area (Å²) in [5, 5.41) is 0. The van der Waals surface area contributed by atoms with E-state index >= 15 is 0 Å². The van der Waals surface area contributed by atoms with Gasteiger partial charge in [-0.3, -0.25) is 19.2 Å². The monoisotopic (exact) mass is 382 g/mol. The third-order valence-electron chi connectivity index (χ3n) is 4.64. The van der Waals surface area contributed by atoms with Gasteiger partial charge in [0.25, 0.3) is 0 Å². The normalized spacial score (nSPS) is 20.1. The molecule has 0 spiro atoms. The van der Waals surface area contributed by atoms with Crippen molar-refractivity contribution in [3.63, 3.8) is 0 Å². The summed E-state index contributed by atoms with van der Waals surface area (Å²) in [4.78, 5) is 48.4. The maximum absolute atomic E-state index is 12.6. The SMILES string of the molecule is CCCCCC(=O)/C=C/[C@@H]1[C@@H](COC(C)=O)C1(C(=O)OCC)C(=O)OCC. The zero-order valence-corrected chi connectivity index (χ0v) is 16.6. The molecule has 0 bridgehead atoms. The number of hydrogen-bond acceptors (Lipinski definition) is 7. The summed E-state index contributed by atoms with van der Waals surface area (Å²) in [6.07, 6.45) is 6.14. The van der Waals surface area contributed by atoms with Gasteiger partial charge in [0.2, 0.25) is 0 Å². The van der Waals surface area contributed by atoms with E-state index in [0.29, 0.717) is 6.42 Å². The molecule has 27 heavy (non-hydrogen) atoms. The van der Waals surface area contributed by atoms with Gasteiger partial charge in [0.1, 0.15) is 0 Å². The molecule has 7 heteroatoms. The summed E-state index contributed by atoms with van der Waals surface area (Å²) in [5.41, 5.74) is -1.57. The number of carbonyl (C=O) groups is 4. The van der Waals surface area contributed by atoms with Crippen LogP contribution >= 0.6 is 0 Å². The second kappa shape index (κ2) is 10.8. The molecule has 152 valence electrons. The molecule has 0 aliphatic heterocycles. The molecule has 0 unspecified atom stereocenters. The minimum atomic E-state index is -1.57. The van der Waals surface area contributed by atoms with Crippen LogP contribution in [0.5, 0.6) is 0 Å². The molecule has 1 aliphatic carbocycles. The van der Waals surface area contributed by atoms with Crippen molar-refractivity contribution in [2.45, 2.75) is 53.4 Å². The molecule has 0 aromatic carbocycles. The lowest BCUT2D eigenvalue weighted by atomic mass is 10.0. The first-order chi connectivity index (χ1) is 12.9. The van der Waals surface area contributed by atoms with E-state index in [4.69, 9.17) is 14.2 Å². The first-order valence-electron chi connectivity index (χ1n) is 9.54. The summed E-state index contributed by atoms with van der Waals surface area (Å²) in [5.74, 6) is -3.23. The number of hydrogen-bond donors (Lipinski definition) is 0. The predicted molar refractivity (Wildman–Crippen MR) is 97.6 cm³/mol. The second-order valence-electron chi connectivity index (χ2n) is 6.53. The Morgan fingerprint density at radius 1 is 0.926 bits per heavy atom. The number of unbranched alkanes of at least 4 members (excludes halogenated alkanes) is 2. The molecule has 0 aromatic heterocycles. The topological polar surface area (TPSA) is 96.0 Å². The van der Waals surface area contributed by atoms with Crippen molar-refractivity contribution in [1.82, 2.24) is 0 Å². The Morgan fingerprint density at radius 2 is 1.52 bits per heavy atom. The molecule has 2 atom stereocenters. The van der Waals surface area contributed by atoms with Crippen molar-refractivity contribution in [2.24, 2.45) is 17.3 Å². The quantitative estimate of drug-likeness (QED) is 0.168. The summed E-state index contributed by atoms with van der Waals surface area (Å²) in [7, 11) is 0. The van der Waals surface area contributed by atoms with E-state index in [0.717, 1.165) is 19.3 Å². The van der Waals surface area contributed by atoms with Crippen LogP contribution in [0.1, 0.15) is 53.4 Å². The van der Waals surface area contributed by atoms with Crippen molar-refractivity contribution in [3.8, 4) is 0 Å². The minimum absolute atomic E-state index is 0.0665. The van der Waals surface area contributed by atoms with Crippen LogP contribution in [0.25, 0.3) is 0 Å². The number of ether oxygens (including phenoxy) is 3. The summed E-state index contributed by atoms with van der Waals surface area (Å²) in [6.45, 7) is 6.67. The van der Waals surface area contributed by atoms with E-state index < -0.39 is 35.2 Å². The maximum atomic E-state index is 12.6.